The molecule has 6 nitrogen and oxygen atoms in total. The van der Waals surface area contributed by atoms with Crippen molar-refractivity contribution in [2.45, 2.75) is 32.1 Å². The fraction of sp³-hybridized carbons (Fsp3) is 0.560. The molecule has 0 radical (unpaired) electrons. The predicted molar refractivity (Wildman–Crippen MR) is 121 cm³/mol. The molecule has 0 saturated carbocycles. The van der Waals surface area contributed by atoms with Crippen LogP contribution in [0.4, 0.5) is 0 Å². The maximum absolute atomic E-state index is 13.2. The third-order valence-electron chi connectivity index (χ3n) is 7.65. The lowest BCUT2D eigenvalue weighted by atomic mass is 9.73. The number of carbonyl (C=O) groups is 1. The summed E-state index contributed by atoms with van der Waals surface area (Å²) >= 11 is 0. The molecule has 162 valence electrons. The van der Waals surface area contributed by atoms with Crippen LogP contribution < -0.4 is 5.32 Å². The lowest BCUT2D eigenvalue weighted by Crippen LogP contribution is -2.59. The van der Waals surface area contributed by atoms with Gasteiger partial charge in [-0.1, -0.05) is 19.1 Å². The highest BCUT2D eigenvalue weighted by Gasteiger charge is 2.40. The first kappa shape index (κ1) is 20.4. The molecule has 1 aromatic carbocycles. The number of amides is 1. The van der Waals surface area contributed by atoms with Crippen LogP contribution in [0.2, 0.25) is 0 Å². The fourth-order valence-corrected chi connectivity index (χ4v) is 5.73. The zero-order chi connectivity index (χ0) is 21.4. The summed E-state index contributed by atoms with van der Waals surface area (Å²) < 4.78 is 0. The molecule has 2 aromatic rings. The quantitative estimate of drug-likeness (QED) is 0.831. The second-order valence-electron chi connectivity index (χ2n) is 9.93. The molecular weight excluding hydrogens is 386 g/mol. The van der Waals surface area contributed by atoms with Crippen LogP contribution in [0.15, 0.2) is 30.5 Å². The average molecular weight is 418 g/mol. The van der Waals surface area contributed by atoms with Gasteiger partial charge in [0.05, 0.1) is 17.6 Å². The number of rotatable bonds is 3. The molecule has 3 aliphatic heterocycles. The van der Waals surface area contributed by atoms with E-state index in [1.807, 2.05) is 12.1 Å². The molecule has 0 bridgehead atoms. The van der Waals surface area contributed by atoms with Crippen LogP contribution in [0.5, 0.6) is 0 Å². The number of carbonyl (C=O) groups excluding carboxylic acids is 1. The number of hydrogen-bond donors (Lipinski definition) is 1. The maximum atomic E-state index is 13.2. The number of aromatic nitrogens is 1. The summed E-state index contributed by atoms with van der Waals surface area (Å²) in [6, 6.07) is 10.2. The SMILES string of the molecule is CC1CC(c2ccc(C#N)c3ncccc23)CN(C(=O)CN2CCC3(CC2)CNC3)C1. The number of fused-ring (bicyclic) bond motifs is 1. The van der Waals surface area contributed by atoms with Crippen molar-refractivity contribution in [3.63, 3.8) is 0 Å². The second-order valence-corrected chi connectivity index (χ2v) is 9.93. The molecule has 1 amide bonds. The van der Waals surface area contributed by atoms with Crippen molar-refractivity contribution >= 4 is 16.8 Å². The fourth-order valence-electron chi connectivity index (χ4n) is 5.73. The van der Waals surface area contributed by atoms with E-state index in [2.05, 4.69) is 45.2 Å². The Morgan fingerprint density at radius 3 is 2.77 bits per heavy atom. The number of pyridine rings is 1. The van der Waals surface area contributed by atoms with Gasteiger partial charge in [0.25, 0.3) is 0 Å². The molecule has 1 aromatic heterocycles. The standard InChI is InChI=1S/C25H31N5O/c1-18-11-20(21-5-4-19(12-26)24-22(21)3-2-8-28-24)14-30(13-18)23(31)15-29-9-6-25(7-10-29)16-27-17-25/h2-5,8,18,20,27H,6-7,9-11,13-17H2,1H3. The van der Waals surface area contributed by atoms with E-state index in [0.29, 0.717) is 23.4 Å². The first-order valence-corrected chi connectivity index (χ1v) is 11.6. The van der Waals surface area contributed by atoms with E-state index in [1.165, 1.54) is 18.4 Å². The van der Waals surface area contributed by atoms with E-state index in [0.717, 1.165) is 56.6 Å². The van der Waals surface area contributed by atoms with E-state index >= 15 is 0 Å². The van der Waals surface area contributed by atoms with Crippen molar-refractivity contribution in [2.75, 3.05) is 45.8 Å². The Bertz CT molecular complexity index is 1010. The maximum Gasteiger partial charge on any atom is 0.236 e. The lowest BCUT2D eigenvalue weighted by molar-refractivity contribution is -0.135. The molecule has 1 N–H and O–H groups in total. The molecule has 2 atom stereocenters. The summed E-state index contributed by atoms with van der Waals surface area (Å²) in [5.74, 6) is 0.990. The molecule has 3 saturated heterocycles. The summed E-state index contributed by atoms with van der Waals surface area (Å²) in [6.07, 6.45) is 5.21. The molecule has 2 unspecified atom stereocenters. The Balaban J connectivity index is 1.30. The summed E-state index contributed by atoms with van der Waals surface area (Å²) in [6.45, 7) is 8.73. The van der Waals surface area contributed by atoms with Gasteiger partial charge in [-0.15, -0.1) is 0 Å². The van der Waals surface area contributed by atoms with E-state index in [4.69, 9.17) is 0 Å². The van der Waals surface area contributed by atoms with E-state index in [1.54, 1.807) is 6.20 Å². The first-order chi connectivity index (χ1) is 15.1. The Kier molecular flexibility index (Phi) is 5.41. The number of nitrogens with zero attached hydrogens (tertiary/aromatic N) is 4. The van der Waals surface area contributed by atoms with Gasteiger partial charge >= 0.3 is 0 Å². The van der Waals surface area contributed by atoms with Gasteiger partial charge in [0.15, 0.2) is 0 Å². The largest absolute Gasteiger partial charge is 0.341 e. The first-order valence-electron chi connectivity index (χ1n) is 11.6. The van der Waals surface area contributed by atoms with Gasteiger partial charge in [0.1, 0.15) is 6.07 Å². The summed E-state index contributed by atoms with van der Waals surface area (Å²) in [5, 5.41) is 13.9. The van der Waals surface area contributed by atoms with Crippen molar-refractivity contribution < 1.29 is 4.79 Å². The van der Waals surface area contributed by atoms with Crippen molar-refractivity contribution in [3.8, 4) is 6.07 Å². The van der Waals surface area contributed by atoms with E-state index in [9.17, 15) is 10.1 Å². The Labute approximate surface area is 184 Å². The van der Waals surface area contributed by atoms with Crippen molar-refractivity contribution in [1.29, 1.82) is 5.26 Å². The minimum atomic E-state index is 0.260. The third kappa shape index (κ3) is 3.93. The highest BCUT2D eigenvalue weighted by Crippen LogP contribution is 2.36. The van der Waals surface area contributed by atoms with Crippen LogP contribution in [-0.4, -0.2) is 66.5 Å². The van der Waals surface area contributed by atoms with Crippen LogP contribution in [-0.2, 0) is 4.79 Å². The minimum absolute atomic E-state index is 0.260. The van der Waals surface area contributed by atoms with Crippen LogP contribution in [0.1, 0.15) is 43.2 Å². The zero-order valence-corrected chi connectivity index (χ0v) is 18.3. The second kappa shape index (κ2) is 8.22. The van der Waals surface area contributed by atoms with Crippen molar-refractivity contribution in [1.82, 2.24) is 20.1 Å². The molecular formula is C25H31N5O. The third-order valence-corrected chi connectivity index (χ3v) is 7.65. The van der Waals surface area contributed by atoms with Crippen LogP contribution in [0, 0.1) is 22.7 Å². The van der Waals surface area contributed by atoms with Gasteiger partial charge in [0, 0.05) is 43.7 Å². The van der Waals surface area contributed by atoms with E-state index < -0.39 is 0 Å². The highest BCUT2D eigenvalue weighted by molar-refractivity contribution is 5.87. The van der Waals surface area contributed by atoms with E-state index in [-0.39, 0.29) is 11.8 Å². The van der Waals surface area contributed by atoms with Gasteiger partial charge in [-0.2, -0.15) is 5.26 Å². The normalized spacial score (nSPS) is 25.9. The van der Waals surface area contributed by atoms with Crippen LogP contribution in [0.3, 0.4) is 0 Å². The van der Waals surface area contributed by atoms with Gasteiger partial charge in [0.2, 0.25) is 5.91 Å². The minimum Gasteiger partial charge on any atom is -0.341 e. The van der Waals surface area contributed by atoms with Crippen LogP contribution >= 0.6 is 0 Å². The van der Waals surface area contributed by atoms with Crippen molar-refractivity contribution in [2.24, 2.45) is 11.3 Å². The monoisotopic (exact) mass is 417 g/mol. The predicted octanol–water partition coefficient (Wildman–Crippen LogP) is 2.74. The molecule has 3 fully saturated rings. The number of likely N-dealkylation sites (tertiary alicyclic amines) is 2. The Morgan fingerprint density at radius 2 is 2.06 bits per heavy atom. The number of piperidine rings is 2. The highest BCUT2D eigenvalue weighted by atomic mass is 16.2. The van der Waals surface area contributed by atoms with Gasteiger partial charge < -0.3 is 10.2 Å². The topological polar surface area (TPSA) is 72.3 Å². The zero-order valence-electron chi connectivity index (χ0n) is 18.3. The molecule has 3 aliphatic rings. The molecule has 5 rings (SSSR count). The lowest BCUT2D eigenvalue weighted by Gasteiger charge is -2.48. The van der Waals surface area contributed by atoms with Gasteiger partial charge in [-0.05, 0) is 61.4 Å². The number of nitrogens with one attached hydrogen (secondary N) is 1. The summed E-state index contributed by atoms with van der Waals surface area (Å²) in [5.41, 5.74) is 3.10. The molecule has 4 heterocycles. The number of benzene rings is 1. The Hall–Kier alpha value is -2.49. The molecule has 0 aliphatic carbocycles. The number of hydrogen-bond acceptors (Lipinski definition) is 5. The smallest absolute Gasteiger partial charge is 0.236 e. The molecule has 1 spiro atoms. The molecule has 31 heavy (non-hydrogen) atoms. The van der Waals surface area contributed by atoms with Gasteiger partial charge in [-0.25, -0.2) is 0 Å². The Morgan fingerprint density at radius 1 is 1.26 bits per heavy atom. The number of nitriles is 1. The molecule has 6 heteroatoms. The van der Waals surface area contributed by atoms with Crippen LogP contribution in [0.25, 0.3) is 10.9 Å². The summed E-state index contributed by atoms with van der Waals surface area (Å²) in [4.78, 5) is 22.1. The van der Waals surface area contributed by atoms with Gasteiger partial charge in [-0.3, -0.25) is 14.7 Å². The van der Waals surface area contributed by atoms with Crippen molar-refractivity contribution in [3.05, 3.63) is 41.6 Å². The summed E-state index contributed by atoms with van der Waals surface area (Å²) in [7, 11) is 0. The average Bonchev–Trinajstić information content (AvgIpc) is 2.77.